The molecule has 1 N–H and O–H groups in total. The zero-order valence-electron chi connectivity index (χ0n) is 10.6. The molecule has 1 aliphatic rings. The minimum Gasteiger partial charge on any atom is -0.481 e. The molecule has 1 fully saturated rings. The van der Waals surface area contributed by atoms with Crippen molar-refractivity contribution in [3.05, 3.63) is 17.8 Å². The van der Waals surface area contributed by atoms with Crippen LogP contribution in [0.15, 0.2) is 12.1 Å². The molecule has 2 heterocycles. The summed E-state index contributed by atoms with van der Waals surface area (Å²) >= 11 is 0. The van der Waals surface area contributed by atoms with E-state index in [1.165, 1.54) is 13.2 Å². The van der Waals surface area contributed by atoms with Gasteiger partial charge in [-0.2, -0.15) is 0 Å². The van der Waals surface area contributed by atoms with Crippen LogP contribution in [0.5, 0.6) is 0 Å². The summed E-state index contributed by atoms with van der Waals surface area (Å²) in [6.07, 6.45) is 1.48. The van der Waals surface area contributed by atoms with Crippen LogP contribution in [-0.4, -0.2) is 47.4 Å². The predicted octanol–water partition coefficient (Wildman–Crippen LogP) is 0.564. The Morgan fingerprint density at radius 2 is 2.21 bits per heavy atom. The number of nitrogens with zero attached hydrogens (tertiary/aromatic N) is 3. The Bertz CT molecular complexity index is 474. The summed E-state index contributed by atoms with van der Waals surface area (Å²) < 4.78 is 4.54. The zero-order chi connectivity index (χ0) is 13.8. The number of carbonyl (C=O) groups excluding carboxylic acids is 1. The van der Waals surface area contributed by atoms with E-state index in [4.69, 9.17) is 5.11 Å². The number of anilines is 1. The van der Waals surface area contributed by atoms with Crippen molar-refractivity contribution in [2.24, 2.45) is 5.92 Å². The van der Waals surface area contributed by atoms with Crippen LogP contribution in [-0.2, 0) is 9.53 Å². The SMILES string of the molecule is COC(=O)c1ccc(N2CCCC(C(=O)O)C2)nn1. The molecular weight excluding hydrogens is 250 g/mol. The van der Waals surface area contributed by atoms with E-state index in [0.717, 1.165) is 13.0 Å². The van der Waals surface area contributed by atoms with Crippen LogP contribution < -0.4 is 4.90 Å². The molecule has 0 aromatic carbocycles. The minimum atomic E-state index is -0.788. The Morgan fingerprint density at radius 1 is 1.42 bits per heavy atom. The molecule has 0 aliphatic carbocycles. The normalized spacial score (nSPS) is 19.0. The molecule has 2 rings (SSSR count). The van der Waals surface area contributed by atoms with Crippen molar-refractivity contribution in [3.63, 3.8) is 0 Å². The lowest BCUT2D eigenvalue weighted by atomic mass is 9.98. The van der Waals surface area contributed by atoms with Gasteiger partial charge in [-0.3, -0.25) is 4.79 Å². The number of carboxylic acid groups (broad SMARTS) is 1. The first kappa shape index (κ1) is 13.3. The summed E-state index contributed by atoms with van der Waals surface area (Å²) in [6.45, 7) is 1.16. The number of esters is 1. The third-order valence-electron chi connectivity index (χ3n) is 3.14. The molecule has 1 aromatic rings. The molecule has 7 heteroatoms. The smallest absolute Gasteiger partial charge is 0.358 e. The second-order valence-corrected chi connectivity index (χ2v) is 4.39. The van der Waals surface area contributed by atoms with Gasteiger partial charge in [-0.25, -0.2) is 4.79 Å². The number of hydrogen-bond acceptors (Lipinski definition) is 6. The molecule has 1 aliphatic heterocycles. The molecule has 102 valence electrons. The summed E-state index contributed by atoms with van der Waals surface area (Å²) in [4.78, 5) is 24.1. The maximum Gasteiger partial charge on any atom is 0.358 e. The van der Waals surface area contributed by atoms with Crippen LogP contribution in [0.1, 0.15) is 23.3 Å². The summed E-state index contributed by atoms with van der Waals surface area (Å²) in [6, 6.07) is 3.18. The van der Waals surface area contributed by atoms with E-state index in [1.807, 2.05) is 4.90 Å². The van der Waals surface area contributed by atoms with Crippen molar-refractivity contribution < 1.29 is 19.4 Å². The van der Waals surface area contributed by atoms with Crippen molar-refractivity contribution in [2.45, 2.75) is 12.8 Å². The molecule has 0 amide bonds. The van der Waals surface area contributed by atoms with Crippen LogP contribution in [0, 0.1) is 5.92 Å². The third kappa shape index (κ3) is 2.98. The highest BCUT2D eigenvalue weighted by atomic mass is 16.5. The number of rotatable bonds is 3. The zero-order valence-corrected chi connectivity index (χ0v) is 10.6. The molecule has 0 saturated carbocycles. The van der Waals surface area contributed by atoms with E-state index in [2.05, 4.69) is 14.9 Å². The molecule has 1 saturated heterocycles. The van der Waals surface area contributed by atoms with E-state index in [9.17, 15) is 9.59 Å². The lowest BCUT2D eigenvalue weighted by Crippen LogP contribution is -2.39. The third-order valence-corrected chi connectivity index (χ3v) is 3.14. The minimum absolute atomic E-state index is 0.137. The number of ether oxygens (including phenoxy) is 1. The number of methoxy groups -OCH3 is 1. The van der Waals surface area contributed by atoms with Crippen molar-refractivity contribution in [1.82, 2.24) is 10.2 Å². The summed E-state index contributed by atoms with van der Waals surface area (Å²) in [5, 5.41) is 16.8. The van der Waals surface area contributed by atoms with E-state index in [-0.39, 0.29) is 11.6 Å². The maximum atomic E-state index is 11.2. The average molecular weight is 265 g/mol. The van der Waals surface area contributed by atoms with E-state index >= 15 is 0 Å². The van der Waals surface area contributed by atoms with Gasteiger partial charge >= 0.3 is 11.9 Å². The van der Waals surface area contributed by atoms with E-state index < -0.39 is 11.9 Å². The van der Waals surface area contributed by atoms with Gasteiger partial charge in [-0.1, -0.05) is 0 Å². The predicted molar refractivity (Wildman–Crippen MR) is 65.9 cm³/mol. The molecule has 1 atom stereocenters. The highest BCUT2D eigenvalue weighted by Crippen LogP contribution is 2.21. The van der Waals surface area contributed by atoms with Gasteiger partial charge in [-0.05, 0) is 25.0 Å². The summed E-state index contributed by atoms with van der Waals surface area (Å²) in [7, 11) is 1.28. The lowest BCUT2D eigenvalue weighted by molar-refractivity contribution is -0.141. The van der Waals surface area contributed by atoms with E-state index in [1.54, 1.807) is 6.07 Å². The molecular formula is C12H15N3O4. The maximum absolute atomic E-state index is 11.2. The monoisotopic (exact) mass is 265 g/mol. The molecule has 0 radical (unpaired) electrons. The fourth-order valence-corrected chi connectivity index (χ4v) is 2.09. The fraction of sp³-hybridized carbons (Fsp3) is 0.500. The Kier molecular flexibility index (Phi) is 3.94. The van der Waals surface area contributed by atoms with Gasteiger partial charge in [0.2, 0.25) is 0 Å². The number of piperidine rings is 1. The van der Waals surface area contributed by atoms with Gasteiger partial charge in [0.25, 0.3) is 0 Å². The fourth-order valence-electron chi connectivity index (χ4n) is 2.09. The molecule has 7 nitrogen and oxygen atoms in total. The Labute approximate surface area is 110 Å². The Morgan fingerprint density at radius 3 is 2.79 bits per heavy atom. The van der Waals surface area contributed by atoms with Gasteiger partial charge in [0.1, 0.15) is 0 Å². The second kappa shape index (κ2) is 5.64. The van der Waals surface area contributed by atoms with Gasteiger partial charge in [-0.15, -0.1) is 10.2 Å². The highest BCUT2D eigenvalue weighted by molar-refractivity contribution is 5.87. The topological polar surface area (TPSA) is 92.6 Å². The number of carboxylic acids is 1. The second-order valence-electron chi connectivity index (χ2n) is 4.39. The Balaban J connectivity index is 2.09. The molecule has 1 unspecified atom stereocenters. The van der Waals surface area contributed by atoms with Crippen molar-refractivity contribution in [1.29, 1.82) is 0 Å². The first-order chi connectivity index (χ1) is 9.11. The molecule has 19 heavy (non-hydrogen) atoms. The van der Waals surface area contributed by atoms with Crippen LogP contribution in [0.25, 0.3) is 0 Å². The molecule has 0 bridgehead atoms. The van der Waals surface area contributed by atoms with Crippen LogP contribution in [0.3, 0.4) is 0 Å². The standard InChI is InChI=1S/C12H15N3O4/c1-19-12(18)9-4-5-10(14-13-9)15-6-2-3-8(7-15)11(16)17/h4-5,8H,2-3,6-7H2,1H3,(H,16,17). The largest absolute Gasteiger partial charge is 0.481 e. The van der Waals surface area contributed by atoms with Gasteiger partial charge in [0.15, 0.2) is 11.5 Å². The lowest BCUT2D eigenvalue weighted by Gasteiger charge is -2.31. The van der Waals surface area contributed by atoms with Crippen LogP contribution in [0.4, 0.5) is 5.82 Å². The summed E-state index contributed by atoms with van der Waals surface area (Å²) in [5.41, 5.74) is 0.137. The van der Waals surface area contributed by atoms with E-state index in [0.29, 0.717) is 18.8 Å². The van der Waals surface area contributed by atoms with Crippen molar-refractivity contribution in [2.75, 3.05) is 25.1 Å². The van der Waals surface area contributed by atoms with Gasteiger partial charge < -0.3 is 14.7 Å². The molecule has 1 aromatic heterocycles. The summed E-state index contributed by atoms with van der Waals surface area (Å²) in [5.74, 6) is -1.13. The van der Waals surface area contributed by atoms with Gasteiger partial charge in [0.05, 0.1) is 13.0 Å². The highest BCUT2D eigenvalue weighted by Gasteiger charge is 2.26. The van der Waals surface area contributed by atoms with Gasteiger partial charge in [0, 0.05) is 13.1 Å². The number of aliphatic carboxylic acids is 1. The number of hydrogen-bond donors (Lipinski definition) is 1. The van der Waals surface area contributed by atoms with Crippen molar-refractivity contribution >= 4 is 17.8 Å². The molecule has 0 spiro atoms. The van der Waals surface area contributed by atoms with Crippen LogP contribution in [0.2, 0.25) is 0 Å². The quantitative estimate of drug-likeness (QED) is 0.798. The average Bonchev–Trinajstić information content (AvgIpc) is 2.46. The Hall–Kier alpha value is -2.18. The first-order valence-electron chi connectivity index (χ1n) is 6.01. The number of carbonyl (C=O) groups is 2. The first-order valence-corrected chi connectivity index (χ1v) is 6.01. The van der Waals surface area contributed by atoms with Crippen LogP contribution >= 0.6 is 0 Å². The van der Waals surface area contributed by atoms with Crippen molar-refractivity contribution in [3.8, 4) is 0 Å². The number of aromatic nitrogens is 2.